The summed E-state index contributed by atoms with van der Waals surface area (Å²) in [5.74, 6) is -1.45. The number of hydrogen-bond acceptors (Lipinski definition) is 2. The first kappa shape index (κ1) is 13.9. The molecule has 2 rings (SSSR count). The van der Waals surface area contributed by atoms with Crippen molar-refractivity contribution in [3.05, 3.63) is 20.8 Å². The van der Waals surface area contributed by atoms with Gasteiger partial charge in [-0.05, 0) is 40.2 Å². The second kappa shape index (κ2) is 5.21. The minimum atomic E-state index is -4.14. The van der Waals surface area contributed by atoms with Gasteiger partial charge in [0.2, 0.25) is 0 Å². The second-order valence-corrected chi connectivity index (χ2v) is 5.98. The van der Waals surface area contributed by atoms with Crippen LogP contribution >= 0.6 is 27.3 Å². The Balaban J connectivity index is 1.99. The molecule has 100 valence electrons. The fourth-order valence-electron chi connectivity index (χ4n) is 2.00. The Morgan fingerprint density at radius 3 is 2.44 bits per heavy atom. The molecular formula is C11H11BrF3NOS. The Kier molecular flexibility index (Phi) is 4.01. The average Bonchev–Trinajstić information content (AvgIpc) is 2.73. The predicted octanol–water partition coefficient (Wildman–Crippen LogP) is 3.93. The lowest BCUT2D eigenvalue weighted by Gasteiger charge is -2.32. The summed E-state index contributed by atoms with van der Waals surface area (Å²) >= 11 is 4.56. The van der Waals surface area contributed by atoms with Crippen LogP contribution in [0.2, 0.25) is 0 Å². The normalized spacial score (nSPS) is 18.1. The molecule has 1 aromatic heterocycles. The molecule has 2 nitrogen and oxygen atoms in total. The molecule has 0 saturated carbocycles. The lowest BCUT2D eigenvalue weighted by molar-refractivity contribution is -0.183. The van der Waals surface area contributed by atoms with Crippen LogP contribution < -0.4 is 0 Å². The molecule has 1 fully saturated rings. The molecule has 1 aromatic rings. The number of nitrogens with zero attached hydrogens (tertiary/aromatic N) is 1. The van der Waals surface area contributed by atoms with Crippen molar-refractivity contribution < 1.29 is 18.0 Å². The topological polar surface area (TPSA) is 20.3 Å². The van der Waals surface area contributed by atoms with Gasteiger partial charge in [-0.15, -0.1) is 11.3 Å². The van der Waals surface area contributed by atoms with Crippen LogP contribution in [0.5, 0.6) is 0 Å². The van der Waals surface area contributed by atoms with Gasteiger partial charge in [0.15, 0.2) is 0 Å². The number of carbonyl (C=O) groups excluding carboxylic acids is 1. The molecule has 0 aliphatic carbocycles. The zero-order chi connectivity index (χ0) is 13.3. The Morgan fingerprint density at radius 2 is 2.00 bits per heavy atom. The third kappa shape index (κ3) is 2.88. The zero-order valence-corrected chi connectivity index (χ0v) is 11.7. The van der Waals surface area contributed by atoms with Gasteiger partial charge in [0.1, 0.15) is 4.88 Å². The molecule has 0 aromatic carbocycles. The number of hydrogen-bond donors (Lipinski definition) is 0. The van der Waals surface area contributed by atoms with Gasteiger partial charge < -0.3 is 4.90 Å². The highest BCUT2D eigenvalue weighted by Gasteiger charge is 2.41. The molecule has 7 heteroatoms. The number of thiophene rings is 1. The van der Waals surface area contributed by atoms with Gasteiger partial charge in [-0.1, -0.05) is 0 Å². The quantitative estimate of drug-likeness (QED) is 0.757. The molecule has 1 aliphatic rings. The highest BCUT2D eigenvalue weighted by Crippen LogP contribution is 2.35. The smallest absolute Gasteiger partial charge is 0.338 e. The van der Waals surface area contributed by atoms with Crippen molar-refractivity contribution in [1.82, 2.24) is 4.90 Å². The number of carbonyl (C=O) groups is 1. The van der Waals surface area contributed by atoms with Gasteiger partial charge >= 0.3 is 6.18 Å². The lowest BCUT2D eigenvalue weighted by atomic mass is 9.96. The number of likely N-dealkylation sites (tertiary alicyclic amines) is 1. The molecule has 0 spiro atoms. The number of alkyl halides is 3. The number of piperidine rings is 1. The highest BCUT2D eigenvalue weighted by molar-refractivity contribution is 9.10. The van der Waals surface area contributed by atoms with Crippen molar-refractivity contribution in [2.24, 2.45) is 5.92 Å². The largest absolute Gasteiger partial charge is 0.391 e. The van der Waals surface area contributed by atoms with Gasteiger partial charge in [0, 0.05) is 17.6 Å². The van der Waals surface area contributed by atoms with Gasteiger partial charge in [0.05, 0.1) is 5.92 Å². The van der Waals surface area contributed by atoms with Crippen LogP contribution in [0.4, 0.5) is 13.2 Å². The van der Waals surface area contributed by atoms with E-state index in [1.807, 2.05) is 0 Å². The van der Waals surface area contributed by atoms with E-state index in [1.54, 1.807) is 11.4 Å². The maximum absolute atomic E-state index is 12.5. The van der Waals surface area contributed by atoms with Crippen LogP contribution in [0, 0.1) is 5.92 Å². The number of halogens is 4. The molecule has 2 heterocycles. The highest BCUT2D eigenvalue weighted by atomic mass is 79.9. The first-order valence-corrected chi connectivity index (χ1v) is 7.16. The molecule has 1 aliphatic heterocycles. The van der Waals surface area contributed by atoms with Crippen LogP contribution in [0.3, 0.4) is 0 Å². The molecular weight excluding hydrogens is 331 g/mol. The minimum Gasteiger partial charge on any atom is -0.338 e. The Bertz CT molecular complexity index is 438. The summed E-state index contributed by atoms with van der Waals surface area (Å²) < 4.78 is 38.2. The van der Waals surface area contributed by atoms with Gasteiger partial charge in [-0.25, -0.2) is 0 Å². The zero-order valence-electron chi connectivity index (χ0n) is 9.34. The molecule has 1 amide bonds. The van der Waals surface area contributed by atoms with E-state index in [2.05, 4.69) is 15.9 Å². The standard InChI is InChI=1S/C11H11BrF3NOS/c12-8-3-6-18-9(8)10(17)16-4-1-7(2-5-16)11(13,14)15/h3,6-7H,1-2,4-5H2. The van der Waals surface area contributed by atoms with Crippen LogP contribution in [-0.4, -0.2) is 30.1 Å². The number of amides is 1. The summed E-state index contributed by atoms with van der Waals surface area (Å²) in [5.41, 5.74) is 0. The molecule has 18 heavy (non-hydrogen) atoms. The molecule has 0 radical (unpaired) electrons. The fraction of sp³-hybridized carbons (Fsp3) is 0.545. The van der Waals surface area contributed by atoms with E-state index >= 15 is 0 Å². The molecule has 0 atom stereocenters. The maximum Gasteiger partial charge on any atom is 0.391 e. The second-order valence-electron chi connectivity index (χ2n) is 4.21. The molecule has 0 unspecified atom stereocenters. The summed E-state index contributed by atoms with van der Waals surface area (Å²) in [4.78, 5) is 14.1. The van der Waals surface area contributed by atoms with Crippen molar-refractivity contribution in [3.63, 3.8) is 0 Å². The van der Waals surface area contributed by atoms with E-state index in [1.165, 1.54) is 16.2 Å². The van der Waals surface area contributed by atoms with Gasteiger partial charge in [0.25, 0.3) is 5.91 Å². The van der Waals surface area contributed by atoms with Crippen LogP contribution in [0.1, 0.15) is 22.5 Å². The van der Waals surface area contributed by atoms with E-state index in [-0.39, 0.29) is 31.8 Å². The van der Waals surface area contributed by atoms with Crippen molar-refractivity contribution >= 4 is 33.2 Å². The Hall–Kier alpha value is -0.560. The minimum absolute atomic E-state index is 0.00175. The summed E-state index contributed by atoms with van der Waals surface area (Å²) in [6.45, 7) is 0.348. The van der Waals surface area contributed by atoms with Crippen molar-refractivity contribution in [1.29, 1.82) is 0 Å². The summed E-state index contributed by atoms with van der Waals surface area (Å²) in [6, 6.07) is 1.76. The van der Waals surface area contributed by atoms with Gasteiger partial charge in [-0.3, -0.25) is 4.79 Å². The summed E-state index contributed by atoms with van der Waals surface area (Å²) in [6.07, 6.45) is -4.14. The first-order valence-electron chi connectivity index (χ1n) is 5.48. The summed E-state index contributed by atoms with van der Waals surface area (Å²) in [5, 5.41) is 1.78. The average molecular weight is 342 g/mol. The maximum atomic E-state index is 12.5. The van der Waals surface area contributed by atoms with Gasteiger partial charge in [-0.2, -0.15) is 13.2 Å². The third-order valence-electron chi connectivity index (χ3n) is 3.06. The third-order valence-corrected chi connectivity index (χ3v) is 4.88. The lowest BCUT2D eigenvalue weighted by Crippen LogP contribution is -2.41. The molecule has 0 bridgehead atoms. The van der Waals surface area contributed by atoms with E-state index in [0.29, 0.717) is 9.35 Å². The molecule has 0 N–H and O–H groups in total. The first-order chi connectivity index (χ1) is 8.39. The van der Waals surface area contributed by atoms with Crippen molar-refractivity contribution in [3.8, 4) is 0 Å². The fourth-order valence-corrected chi connectivity index (χ4v) is 3.51. The van der Waals surface area contributed by atoms with Crippen LogP contribution in [-0.2, 0) is 0 Å². The Labute approximate surface area is 115 Å². The predicted molar refractivity (Wildman–Crippen MR) is 66.7 cm³/mol. The monoisotopic (exact) mass is 341 g/mol. The van der Waals surface area contributed by atoms with Crippen molar-refractivity contribution in [2.45, 2.75) is 19.0 Å². The van der Waals surface area contributed by atoms with Crippen LogP contribution in [0.25, 0.3) is 0 Å². The van der Waals surface area contributed by atoms with Crippen LogP contribution in [0.15, 0.2) is 15.9 Å². The van der Waals surface area contributed by atoms with E-state index in [0.717, 1.165) is 0 Å². The Morgan fingerprint density at radius 1 is 1.39 bits per heavy atom. The number of rotatable bonds is 1. The van der Waals surface area contributed by atoms with Crippen molar-refractivity contribution in [2.75, 3.05) is 13.1 Å². The van der Waals surface area contributed by atoms with E-state index in [9.17, 15) is 18.0 Å². The SMILES string of the molecule is O=C(c1sccc1Br)N1CCC(C(F)(F)F)CC1. The summed E-state index contributed by atoms with van der Waals surface area (Å²) in [7, 11) is 0. The van der Waals surface area contributed by atoms with E-state index < -0.39 is 12.1 Å². The molecule has 1 saturated heterocycles. The van der Waals surface area contributed by atoms with E-state index in [4.69, 9.17) is 0 Å².